The molecule has 2 aromatic rings. The molecule has 6 nitrogen and oxygen atoms in total. The number of phenols is 1. The van der Waals surface area contributed by atoms with Gasteiger partial charge in [0.15, 0.2) is 0 Å². The number of aliphatic imine (C=N–C) groups is 1. The molecule has 6 heteroatoms. The zero-order chi connectivity index (χ0) is 23.7. The molecule has 0 radical (unpaired) electrons. The van der Waals surface area contributed by atoms with Crippen molar-refractivity contribution in [2.24, 2.45) is 4.99 Å². The topological polar surface area (TPSA) is 91.2 Å². The van der Waals surface area contributed by atoms with Crippen molar-refractivity contribution in [2.45, 2.75) is 51.9 Å². The summed E-state index contributed by atoms with van der Waals surface area (Å²) in [5.74, 6) is -1.25. The minimum Gasteiger partial charge on any atom is -0.508 e. The standard InChI is InChI=1S/C27H30N2O4/c1-5-20-26(27(31)32)24(17-10-7-11-19(30)12-17)25-21(28-20)13-18(14-22(25)29-33-4)23-15(2)8-6-9-16(23)3/h6-12,18,24,29-30H,5,13-14H2,1-4H3,(H,31,32). The van der Waals surface area contributed by atoms with Crippen LogP contribution in [0.3, 0.4) is 0 Å². The van der Waals surface area contributed by atoms with Gasteiger partial charge in [0.25, 0.3) is 0 Å². The number of aliphatic carboxylic acids is 1. The van der Waals surface area contributed by atoms with E-state index < -0.39 is 11.9 Å². The molecule has 0 amide bonds. The van der Waals surface area contributed by atoms with Crippen LogP contribution in [-0.4, -0.2) is 29.0 Å². The SMILES string of the molecule is CCC1=C(C(=O)O)C(c2cccc(O)c2)C2=C(NOC)CC(c3c(C)cccc3C)CC2=N1. The van der Waals surface area contributed by atoms with Gasteiger partial charge in [-0.25, -0.2) is 4.79 Å². The predicted octanol–water partition coefficient (Wildman–Crippen LogP) is 5.28. The molecule has 172 valence electrons. The normalized spacial score (nSPS) is 20.4. The maximum atomic E-state index is 12.4. The lowest BCUT2D eigenvalue weighted by atomic mass is 9.70. The summed E-state index contributed by atoms with van der Waals surface area (Å²) in [4.78, 5) is 22.7. The highest BCUT2D eigenvalue weighted by Gasteiger charge is 2.40. The number of hydrogen-bond donors (Lipinski definition) is 3. The molecular weight excluding hydrogens is 416 g/mol. The van der Waals surface area contributed by atoms with Gasteiger partial charge in [-0.2, -0.15) is 0 Å². The van der Waals surface area contributed by atoms with Crippen LogP contribution in [0.1, 0.15) is 60.3 Å². The predicted molar refractivity (Wildman–Crippen MR) is 128 cm³/mol. The van der Waals surface area contributed by atoms with Crippen LogP contribution in [0.2, 0.25) is 0 Å². The largest absolute Gasteiger partial charge is 0.508 e. The Hall–Kier alpha value is -3.38. The van der Waals surface area contributed by atoms with Crippen molar-refractivity contribution in [1.29, 1.82) is 0 Å². The third-order valence-electron chi connectivity index (χ3n) is 6.63. The van der Waals surface area contributed by atoms with Gasteiger partial charge in [-0.15, -0.1) is 0 Å². The fourth-order valence-electron chi connectivity index (χ4n) is 5.38. The van der Waals surface area contributed by atoms with E-state index >= 15 is 0 Å². The fourth-order valence-corrected chi connectivity index (χ4v) is 5.38. The number of hydroxylamine groups is 1. The average Bonchev–Trinajstić information content (AvgIpc) is 2.77. The lowest BCUT2D eigenvalue weighted by molar-refractivity contribution is -0.133. The number of aromatic hydroxyl groups is 1. The maximum absolute atomic E-state index is 12.4. The second-order valence-corrected chi connectivity index (χ2v) is 8.71. The number of carbonyl (C=O) groups is 1. The van der Waals surface area contributed by atoms with E-state index in [2.05, 4.69) is 37.5 Å². The molecule has 2 aliphatic rings. The second kappa shape index (κ2) is 9.24. The molecule has 33 heavy (non-hydrogen) atoms. The Morgan fingerprint density at radius 2 is 1.85 bits per heavy atom. The molecule has 2 aromatic carbocycles. The quantitative estimate of drug-likeness (QED) is 0.525. The van der Waals surface area contributed by atoms with Crippen molar-refractivity contribution in [3.8, 4) is 5.75 Å². The van der Waals surface area contributed by atoms with Crippen LogP contribution in [-0.2, 0) is 9.63 Å². The van der Waals surface area contributed by atoms with Gasteiger partial charge in [-0.05, 0) is 73.4 Å². The maximum Gasteiger partial charge on any atom is 0.334 e. The van der Waals surface area contributed by atoms with Gasteiger partial charge in [-0.1, -0.05) is 37.3 Å². The molecule has 1 aliphatic heterocycles. The van der Waals surface area contributed by atoms with Crippen molar-refractivity contribution in [2.75, 3.05) is 7.11 Å². The fraction of sp³-hybridized carbons (Fsp3) is 0.333. The van der Waals surface area contributed by atoms with E-state index in [1.807, 2.05) is 13.0 Å². The molecule has 0 spiro atoms. The number of nitrogens with zero attached hydrogens (tertiary/aromatic N) is 1. The van der Waals surface area contributed by atoms with Crippen LogP contribution < -0.4 is 5.48 Å². The molecule has 2 unspecified atom stereocenters. The summed E-state index contributed by atoms with van der Waals surface area (Å²) >= 11 is 0. The van der Waals surface area contributed by atoms with Crippen LogP contribution in [0.25, 0.3) is 0 Å². The zero-order valence-corrected chi connectivity index (χ0v) is 19.5. The van der Waals surface area contributed by atoms with Crippen molar-refractivity contribution in [3.63, 3.8) is 0 Å². The van der Waals surface area contributed by atoms with E-state index in [-0.39, 0.29) is 17.2 Å². The van der Waals surface area contributed by atoms with E-state index in [1.54, 1.807) is 25.3 Å². The summed E-state index contributed by atoms with van der Waals surface area (Å²) in [6, 6.07) is 13.2. The molecule has 1 aliphatic carbocycles. The summed E-state index contributed by atoms with van der Waals surface area (Å²) in [5.41, 5.74) is 10.9. The summed E-state index contributed by atoms with van der Waals surface area (Å²) in [6.45, 7) is 6.18. The van der Waals surface area contributed by atoms with Crippen LogP contribution in [0, 0.1) is 13.8 Å². The van der Waals surface area contributed by atoms with Gasteiger partial charge >= 0.3 is 5.97 Å². The lowest BCUT2D eigenvalue weighted by Crippen LogP contribution is -2.33. The summed E-state index contributed by atoms with van der Waals surface area (Å²) < 4.78 is 0. The Morgan fingerprint density at radius 1 is 1.15 bits per heavy atom. The smallest absolute Gasteiger partial charge is 0.334 e. The number of carboxylic acid groups (broad SMARTS) is 1. The summed E-state index contributed by atoms with van der Waals surface area (Å²) in [6.07, 6.45) is 1.90. The van der Waals surface area contributed by atoms with Crippen LogP contribution >= 0.6 is 0 Å². The monoisotopic (exact) mass is 446 g/mol. The molecule has 0 fully saturated rings. The minimum absolute atomic E-state index is 0.102. The highest BCUT2D eigenvalue weighted by atomic mass is 16.6. The Bertz CT molecular complexity index is 1170. The first kappa shape index (κ1) is 22.8. The minimum atomic E-state index is -0.996. The van der Waals surface area contributed by atoms with Gasteiger partial charge in [0, 0.05) is 22.9 Å². The number of allylic oxidation sites excluding steroid dienone is 3. The average molecular weight is 447 g/mol. The van der Waals surface area contributed by atoms with E-state index in [1.165, 1.54) is 16.7 Å². The molecule has 0 aromatic heterocycles. The van der Waals surface area contributed by atoms with E-state index in [9.17, 15) is 15.0 Å². The molecule has 2 atom stereocenters. The van der Waals surface area contributed by atoms with Crippen LogP contribution in [0.5, 0.6) is 5.75 Å². The summed E-state index contributed by atoms with van der Waals surface area (Å²) in [5, 5.41) is 20.3. The van der Waals surface area contributed by atoms with Gasteiger partial charge in [0.2, 0.25) is 0 Å². The molecule has 0 bridgehead atoms. The molecule has 0 saturated carbocycles. The molecule has 4 rings (SSSR count). The van der Waals surface area contributed by atoms with Crippen LogP contribution in [0.4, 0.5) is 0 Å². The Balaban J connectivity index is 1.95. The molecule has 3 N–H and O–H groups in total. The zero-order valence-electron chi connectivity index (χ0n) is 19.5. The molecular formula is C27H30N2O4. The Kier molecular flexibility index (Phi) is 6.38. The first-order valence-corrected chi connectivity index (χ1v) is 11.3. The van der Waals surface area contributed by atoms with Gasteiger partial charge in [-0.3, -0.25) is 15.3 Å². The summed E-state index contributed by atoms with van der Waals surface area (Å²) in [7, 11) is 1.56. The van der Waals surface area contributed by atoms with Gasteiger partial charge in [0.1, 0.15) is 5.75 Å². The number of fused-ring (bicyclic) bond motifs is 1. The Morgan fingerprint density at radius 3 is 2.45 bits per heavy atom. The molecule has 0 saturated heterocycles. The van der Waals surface area contributed by atoms with Crippen molar-refractivity contribution in [3.05, 3.63) is 87.3 Å². The number of carboxylic acids is 1. The van der Waals surface area contributed by atoms with Crippen LogP contribution in [0.15, 0.2) is 70.0 Å². The molecule has 1 heterocycles. The van der Waals surface area contributed by atoms with Crippen molar-refractivity contribution >= 4 is 11.7 Å². The second-order valence-electron chi connectivity index (χ2n) is 8.71. The number of phenolic OH excluding ortho intramolecular Hbond substituents is 1. The first-order valence-electron chi connectivity index (χ1n) is 11.3. The van der Waals surface area contributed by atoms with Gasteiger partial charge in [0.05, 0.1) is 18.4 Å². The number of rotatable bonds is 6. The third kappa shape index (κ3) is 4.18. The number of hydrogen-bond acceptors (Lipinski definition) is 5. The van der Waals surface area contributed by atoms with E-state index in [4.69, 9.17) is 9.83 Å². The van der Waals surface area contributed by atoms with Crippen molar-refractivity contribution in [1.82, 2.24) is 5.48 Å². The van der Waals surface area contributed by atoms with E-state index in [0.717, 1.165) is 22.5 Å². The first-order chi connectivity index (χ1) is 15.8. The van der Waals surface area contributed by atoms with Crippen molar-refractivity contribution < 1.29 is 19.8 Å². The number of benzene rings is 2. The van der Waals surface area contributed by atoms with Gasteiger partial charge < -0.3 is 10.2 Å². The lowest BCUT2D eigenvalue weighted by Gasteiger charge is -2.37. The highest BCUT2D eigenvalue weighted by molar-refractivity contribution is 6.09. The number of aryl methyl sites for hydroxylation is 2. The van der Waals surface area contributed by atoms with E-state index in [0.29, 0.717) is 25.0 Å². The Labute approximate surface area is 194 Å². The highest BCUT2D eigenvalue weighted by Crippen LogP contribution is 2.47. The number of nitrogens with one attached hydrogen (secondary N) is 1. The third-order valence-corrected chi connectivity index (χ3v) is 6.63.